The second kappa shape index (κ2) is 6.20. The molecule has 6 nitrogen and oxygen atoms in total. The van der Waals surface area contributed by atoms with E-state index in [0.717, 1.165) is 22.7 Å². The minimum Gasteiger partial charge on any atom is -0.497 e. The van der Waals surface area contributed by atoms with E-state index in [0.29, 0.717) is 19.6 Å². The van der Waals surface area contributed by atoms with E-state index in [1.54, 1.807) is 23.1 Å². The van der Waals surface area contributed by atoms with E-state index in [1.807, 2.05) is 36.4 Å². The fraction of sp³-hybridized carbons (Fsp3) is 0.316. The molecule has 2 aromatic rings. The van der Waals surface area contributed by atoms with E-state index >= 15 is 0 Å². The van der Waals surface area contributed by atoms with Gasteiger partial charge in [0.2, 0.25) is 11.8 Å². The number of methoxy groups -OCH3 is 1. The van der Waals surface area contributed by atoms with Crippen LogP contribution in [0.3, 0.4) is 0 Å². The lowest BCUT2D eigenvalue weighted by atomic mass is 10.1. The molecule has 0 N–H and O–H groups in total. The summed E-state index contributed by atoms with van der Waals surface area (Å²) in [6.07, 6.45) is 2.00. The molecule has 0 aliphatic carbocycles. The number of amides is 2. The summed E-state index contributed by atoms with van der Waals surface area (Å²) >= 11 is 0. The summed E-state index contributed by atoms with van der Waals surface area (Å²) < 4.78 is 5.15. The van der Waals surface area contributed by atoms with Gasteiger partial charge in [-0.3, -0.25) is 14.6 Å². The van der Waals surface area contributed by atoms with Crippen molar-refractivity contribution >= 4 is 17.5 Å². The predicted octanol–water partition coefficient (Wildman–Crippen LogP) is 1.99. The number of carbonyl (C=O) groups excluding carboxylic acids is 2. The van der Waals surface area contributed by atoms with Crippen molar-refractivity contribution in [1.82, 2.24) is 9.88 Å². The number of nitrogens with zero attached hydrogens (tertiary/aromatic N) is 3. The second-order valence-corrected chi connectivity index (χ2v) is 6.41. The summed E-state index contributed by atoms with van der Waals surface area (Å²) in [5.74, 6) is 0.454. The molecule has 1 aromatic carbocycles. The van der Waals surface area contributed by atoms with Crippen LogP contribution in [-0.2, 0) is 22.7 Å². The molecular formula is C19H19N3O3. The van der Waals surface area contributed by atoms with Gasteiger partial charge in [0.15, 0.2) is 0 Å². The van der Waals surface area contributed by atoms with Crippen LogP contribution < -0.4 is 9.64 Å². The first-order valence-corrected chi connectivity index (χ1v) is 8.31. The molecule has 4 rings (SSSR count). The van der Waals surface area contributed by atoms with Crippen LogP contribution in [0.4, 0.5) is 5.69 Å². The lowest BCUT2D eigenvalue weighted by Crippen LogP contribution is -2.34. The molecule has 2 amide bonds. The first-order valence-electron chi connectivity index (χ1n) is 8.31. The maximum Gasteiger partial charge on any atom is 0.228 e. The molecule has 25 heavy (non-hydrogen) atoms. The molecule has 3 heterocycles. The van der Waals surface area contributed by atoms with Gasteiger partial charge in [-0.25, -0.2) is 0 Å². The van der Waals surface area contributed by atoms with Gasteiger partial charge in [-0.15, -0.1) is 0 Å². The van der Waals surface area contributed by atoms with Crippen molar-refractivity contribution in [3.05, 3.63) is 53.9 Å². The van der Waals surface area contributed by atoms with Crippen LogP contribution in [0.25, 0.3) is 0 Å². The Labute approximate surface area is 146 Å². The summed E-state index contributed by atoms with van der Waals surface area (Å²) in [5, 5.41) is 0. The van der Waals surface area contributed by atoms with Gasteiger partial charge in [0.05, 0.1) is 25.3 Å². The standard InChI is InChI=1S/C19H19N3O3/c1-25-16-6-4-15(5-7-16)22-11-14(9-18(22)23)19(24)21-10-13-3-2-8-20-17(13)12-21/h2-8,14H,9-12H2,1H3. The lowest BCUT2D eigenvalue weighted by Gasteiger charge is -2.20. The highest BCUT2D eigenvalue weighted by Crippen LogP contribution is 2.30. The van der Waals surface area contributed by atoms with E-state index in [1.165, 1.54) is 0 Å². The predicted molar refractivity (Wildman–Crippen MR) is 91.9 cm³/mol. The molecule has 0 spiro atoms. The van der Waals surface area contributed by atoms with E-state index in [-0.39, 0.29) is 24.2 Å². The van der Waals surface area contributed by atoms with E-state index in [2.05, 4.69) is 4.98 Å². The van der Waals surface area contributed by atoms with Crippen molar-refractivity contribution in [1.29, 1.82) is 0 Å². The average molecular weight is 337 g/mol. The van der Waals surface area contributed by atoms with Crippen LogP contribution in [0.5, 0.6) is 5.75 Å². The Balaban J connectivity index is 1.46. The van der Waals surface area contributed by atoms with E-state index < -0.39 is 0 Å². The Morgan fingerprint density at radius 2 is 2.00 bits per heavy atom. The molecule has 2 aliphatic rings. The minimum atomic E-state index is -0.302. The van der Waals surface area contributed by atoms with Gasteiger partial charge in [-0.1, -0.05) is 6.07 Å². The molecule has 0 saturated carbocycles. The van der Waals surface area contributed by atoms with Crippen molar-refractivity contribution in [3.63, 3.8) is 0 Å². The summed E-state index contributed by atoms with van der Waals surface area (Å²) in [7, 11) is 1.60. The largest absolute Gasteiger partial charge is 0.497 e. The molecule has 128 valence electrons. The molecule has 1 aromatic heterocycles. The first-order chi connectivity index (χ1) is 12.2. The lowest BCUT2D eigenvalue weighted by molar-refractivity contribution is -0.136. The van der Waals surface area contributed by atoms with Crippen molar-refractivity contribution in [2.45, 2.75) is 19.5 Å². The topological polar surface area (TPSA) is 62.7 Å². The van der Waals surface area contributed by atoms with Crippen LogP contribution in [0.15, 0.2) is 42.6 Å². The van der Waals surface area contributed by atoms with Crippen molar-refractivity contribution in [2.24, 2.45) is 5.92 Å². The van der Waals surface area contributed by atoms with Gasteiger partial charge >= 0.3 is 0 Å². The van der Waals surface area contributed by atoms with Crippen molar-refractivity contribution in [2.75, 3.05) is 18.6 Å². The van der Waals surface area contributed by atoms with Gasteiger partial charge in [0.25, 0.3) is 0 Å². The molecule has 0 bridgehead atoms. The summed E-state index contributed by atoms with van der Waals surface area (Å²) in [5.41, 5.74) is 2.84. The third-order valence-corrected chi connectivity index (χ3v) is 4.86. The highest BCUT2D eigenvalue weighted by molar-refractivity contribution is 6.00. The normalized spacial score (nSPS) is 19.2. The number of ether oxygens (including phenoxy) is 1. The number of benzene rings is 1. The average Bonchev–Trinajstić information content (AvgIpc) is 3.25. The molecule has 1 fully saturated rings. The second-order valence-electron chi connectivity index (χ2n) is 6.41. The van der Waals surface area contributed by atoms with Crippen molar-refractivity contribution < 1.29 is 14.3 Å². The molecular weight excluding hydrogens is 318 g/mol. The van der Waals surface area contributed by atoms with Crippen LogP contribution in [0.1, 0.15) is 17.7 Å². The Kier molecular flexibility index (Phi) is 3.87. The molecule has 1 unspecified atom stereocenters. The Bertz CT molecular complexity index is 794. The number of rotatable bonds is 3. The first kappa shape index (κ1) is 15.6. The number of aromatic nitrogens is 1. The van der Waals surface area contributed by atoms with E-state index in [4.69, 9.17) is 4.74 Å². The summed E-state index contributed by atoms with van der Waals surface area (Å²) in [6, 6.07) is 11.2. The number of pyridine rings is 1. The monoisotopic (exact) mass is 337 g/mol. The van der Waals surface area contributed by atoms with Gasteiger partial charge in [0.1, 0.15) is 5.75 Å². The number of hydrogen-bond donors (Lipinski definition) is 0. The Hall–Kier alpha value is -2.89. The van der Waals surface area contributed by atoms with Gasteiger partial charge in [0, 0.05) is 31.4 Å². The molecule has 6 heteroatoms. The minimum absolute atomic E-state index is 0.0154. The van der Waals surface area contributed by atoms with Gasteiger partial charge in [-0.05, 0) is 35.9 Å². The number of anilines is 1. The third kappa shape index (κ3) is 2.84. The maximum absolute atomic E-state index is 12.8. The zero-order valence-electron chi connectivity index (χ0n) is 14.0. The third-order valence-electron chi connectivity index (χ3n) is 4.86. The quantitative estimate of drug-likeness (QED) is 0.859. The highest BCUT2D eigenvalue weighted by atomic mass is 16.5. The SMILES string of the molecule is COc1ccc(N2CC(C(=O)N3Cc4cccnc4C3)CC2=O)cc1. The van der Waals surface area contributed by atoms with Gasteiger partial charge < -0.3 is 14.5 Å². The molecule has 0 radical (unpaired) electrons. The molecule has 1 saturated heterocycles. The molecule has 1 atom stereocenters. The molecule has 2 aliphatic heterocycles. The van der Waals surface area contributed by atoms with E-state index in [9.17, 15) is 9.59 Å². The van der Waals surface area contributed by atoms with Crippen LogP contribution in [0.2, 0.25) is 0 Å². The smallest absolute Gasteiger partial charge is 0.228 e. The number of fused-ring (bicyclic) bond motifs is 1. The summed E-state index contributed by atoms with van der Waals surface area (Å²) in [4.78, 5) is 33.0. The fourth-order valence-corrected chi connectivity index (χ4v) is 3.50. The van der Waals surface area contributed by atoms with Crippen LogP contribution in [-0.4, -0.2) is 35.4 Å². The zero-order valence-corrected chi connectivity index (χ0v) is 14.0. The Morgan fingerprint density at radius 3 is 2.72 bits per heavy atom. The fourth-order valence-electron chi connectivity index (χ4n) is 3.50. The van der Waals surface area contributed by atoms with Crippen LogP contribution in [0, 0.1) is 5.92 Å². The Morgan fingerprint density at radius 1 is 1.20 bits per heavy atom. The highest BCUT2D eigenvalue weighted by Gasteiger charge is 2.38. The van der Waals surface area contributed by atoms with Gasteiger partial charge in [-0.2, -0.15) is 0 Å². The zero-order chi connectivity index (χ0) is 17.4. The van der Waals surface area contributed by atoms with Crippen molar-refractivity contribution in [3.8, 4) is 5.75 Å². The summed E-state index contributed by atoms with van der Waals surface area (Å²) in [6.45, 7) is 1.53. The number of hydrogen-bond acceptors (Lipinski definition) is 4. The maximum atomic E-state index is 12.8. The van der Waals surface area contributed by atoms with Crippen LogP contribution >= 0.6 is 0 Å². The number of carbonyl (C=O) groups is 2.